The van der Waals surface area contributed by atoms with Gasteiger partial charge in [0.05, 0.1) is 0 Å². The predicted octanol–water partition coefficient (Wildman–Crippen LogP) is -1.49. The molecule has 0 atom stereocenters. The molecule has 0 aliphatic rings. The summed E-state index contributed by atoms with van der Waals surface area (Å²) in [6, 6.07) is 5.86. The van der Waals surface area contributed by atoms with Crippen LogP contribution in [0.5, 0.6) is 0 Å². The Hall–Kier alpha value is 0.786. The Morgan fingerprint density at radius 2 is 2.25 bits per heavy atom. The van der Waals surface area contributed by atoms with Gasteiger partial charge in [-0.2, -0.15) is 0 Å². The van der Waals surface area contributed by atoms with Gasteiger partial charge in [0, 0.05) is 11.9 Å². The quantitative estimate of drug-likeness (QED) is 0.393. The van der Waals surface area contributed by atoms with Crippen molar-refractivity contribution in [1.29, 1.82) is 0 Å². The van der Waals surface area contributed by atoms with Crippen molar-refractivity contribution >= 4 is 0 Å². The molecular weight excluding hydrogens is 125 g/mol. The summed E-state index contributed by atoms with van der Waals surface area (Å²) in [6.07, 6.45) is 1.79. The van der Waals surface area contributed by atoms with E-state index in [0.29, 0.717) is 0 Å². The van der Waals surface area contributed by atoms with Gasteiger partial charge >= 0.3 is 51.4 Å². The van der Waals surface area contributed by atoms with Gasteiger partial charge in [-0.3, -0.25) is 4.98 Å². The molecule has 1 nitrogen and oxygen atoms in total. The van der Waals surface area contributed by atoms with E-state index < -0.39 is 0 Å². The van der Waals surface area contributed by atoms with Gasteiger partial charge in [-0.1, -0.05) is 6.07 Å². The number of nitrogens with zero attached hydrogens (tertiary/aromatic N) is 1. The molecule has 0 N–H and O–H groups in total. The molecule has 0 aromatic carbocycles. The first kappa shape index (κ1) is 8.79. The van der Waals surface area contributed by atoms with E-state index in [4.69, 9.17) is 0 Å². The van der Waals surface area contributed by atoms with Crippen LogP contribution in [0.3, 0.4) is 0 Å². The molecule has 0 saturated carbocycles. The molecule has 0 amide bonds. The fourth-order valence-electron chi connectivity index (χ4n) is 0.448. The molecule has 1 aromatic heterocycles. The smallest absolute Gasteiger partial charge is 1.00 e. The third kappa shape index (κ3) is 2.94. The molecule has 0 aliphatic heterocycles. The first-order valence-electron chi connectivity index (χ1n) is 2.27. The first-order valence-corrected chi connectivity index (χ1v) is 2.27. The van der Waals surface area contributed by atoms with Crippen LogP contribution < -0.4 is 51.4 Å². The molecule has 0 bridgehead atoms. The van der Waals surface area contributed by atoms with Crippen molar-refractivity contribution in [3.63, 3.8) is 0 Å². The maximum atomic E-state index is 3.98. The molecule has 0 aliphatic carbocycles. The summed E-state index contributed by atoms with van der Waals surface area (Å²) < 4.78 is 0. The van der Waals surface area contributed by atoms with Crippen molar-refractivity contribution in [3.05, 3.63) is 30.1 Å². The van der Waals surface area contributed by atoms with Crippen LogP contribution in [0.25, 0.3) is 0 Å². The first-order chi connectivity index (χ1) is 3.39. The zero-order chi connectivity index (χ0) is 5.11. The Morgan fingerprint density at radius 3 is 2.50 bits per heavy atom. The minimum Gasteiger partial charge on any atom is -1.00 e. The van der Waals surface area contributed by atoms with E-state index in [1.165, 1.54) is 0 Å². The molecular formula is C6H8KN. The van der Waals surface area contributed by atoms with Crippen LogP contribution in [-0.2, 0) is 0 Å². The summed E-state index contributed by atoms with van der Waals surface area (Å²) >= 11 is 0. The molecule has 2 heteroatoms. The Bertz CT molecular complexity index is 143. The average molecular weight is 133 g/mol. The summed E-state index contributed by atoms with van der Waals surface area (Å²) in [7, 11) is 0. The van der Waals surface area contributed by atoms with Crippen LogP contribution in [0.2, 0.25) is 0 Å². The van der Waals surface area contributed by atoms with E-state index in [1.807, 2.05) is 25.1 Å². The molecule has 1 heterocycles. The van der Waals surface area contributed by atoms with Gasteiger partial charge in [-0.05, 0) is 19.1 Å². The zero-order valence-corrected chi connectivity index (χ0v) is 8.38. The molecule has 0 unspecified atom stereocenters. The summed E-state index contributed by atoms with van der Waals surface area (Å²) in [5.74, 6) is 0. The van der Waals surface area contributed by atoms with Gasteiger partial charge in [-0.15, -0.1) is 0 Å². The number of aryl methyl sites for hydroxylation is 1. The minimum atomic E-state index is 0. The van der Waals surface area contributed by atoms with E-state index in [2.05, 4.69) is 4.98 Å². The topological polar surface area (TPSA) is 12.9 Å². The number of aromatic nitrogens is 1. The molecule has 0 saturated heterocycles. The van der Waals surface area contributed by atoms with Crippen molar-refractivity contribution in [2.75, 3.05) is 0 Å². The van der Waals surface area contributed by atoms with Crippen molar-refractivity contribution in [3.8, 4) is 0 Å². The SMILES string of the molecule is Cc1ccccn1.[H-].[K+]. The van der Waals surface area contributed by atoms with Crippen LogP contribution in [-0.4, -0.2) is 4.98 Å². The predicted molar refractivity (Wildman–Crippen MR) is 30.1 cm³/mol. The van der Waals surface area contributed by atoms with Crippen LogP contribution in [0, 0.1) is 6.92 Å². The van der Waals surface area contributed by atoms with Crippen molar-refractivity contribution in [2.24, 2.45) is 0 Å². The van der Waals surface area contributed by atoms with E-state index in [0.717, 1.165) is 5.69 Å². The second-order valence-electron chi connectivity index (χ2n) is 1.47. The van der Waals surface area contributed by atoms with E-state index in [1.54, 1.807) is 6.20 Å². The molecule has 38 valence electrons. The Morgan fingerprint density at radius 1 is 1.50 bits per heavy atom. The van der Waals surface area contributed by atoms with Gasteiger partial charge in [-0.25, -0.2) is 0 Å². The third-order valence-electron chi connectivity index (χ3n) is 0.813. The van der Waals surface area contributed by atoms with Gasteiger partial charge in [0.25, 0.3) is 0 Å². The summed E-state index contributed by atoms with van der Waals surface area (Å²) in [5.41, 5.74) is 1.07. The average Bonchev–Trinajstić information content (AvgIpc) is 1.69. The molecule has 1 aromatic rings. The molecule has 1 rings (SSSR count). The molecule has 0 radical (unpaired) electrons. The second-order valence-corrected chi connectivity index (χ2v) is 1.47. The number of hydrogen-bond donors (Lipinski definition) is 0. The van der Waals surface area contributed by atoms with Gasteiger partial charge in [0.15, 0.2) is 0 Å². The van der Waals surface area contributed by atoms with Crippen molar-refractivity contribution in [2.45, 2.75) is 6.92 Å². The van der Waals surface area contributed by atoms with Crippen LogP contribution in [0.4, 0.5) is 0 Å². The molecule has 8 heavy (non-hydrogen) atoms. The normalized spacial score (nSPS) is 7.62. The maximum Gasteiger partial charge on any atom is 1.00 e. The Kier molecular flexibility index (Phi) is 5.10. The standard InChI is InChI=1S/C6H7N.K.H/c1-6-4-2-3-5-7-6;;/h2-5H,1H3;;/q;+1;-1. The third-order valence-corrected chi connectivity index (χ3v) is 0.813. The van der Waals surface area contributed by atoms with Gasteiger partial charge in [0.2, 0.25) is 0 Å². The van der Waals surface area contributed by atoms with Gasteiger partial charge < -0.3 is 1.43 Å². The maximum absolute atomic E-state index is 3.98. The van der Waals surface area contributed by atoms with Crippen LogP contribution in [0.15, 0.2) is 24.4 Å². The van der Waals surface area contributed by atoms with Crippen LogP contribution >= 0.6 is 0 Å². The summed E-state index contributed by atoms with van der Waals surface area (Å²) in [5, 5.41) is 0. The largest absolute Gasteiger partial charge is 1.00 e. The van der Waals surface area contributed by atoms with E-state index >= 15 is 0 Å². The summed E-state index contributed by atoms with van der Waals surface area (Å²) in [4.78, 5) is 3.98. The van der Waals surface area contributed by atoms with Crippen molar-refractivity contribution < 1.29 is 52.8 Å². The van der Waals surface area contributed by atoms with Gasteiger partial charge in [0.1, 0.15) is 0 Å². The Balaban J connectivity index is 0. The van der Waals surface area contributed by atoms with E-state index in [-0.39, 0.29) is 52.8 Å². The fourth-order valence-corrected chi connectivity index (χ4v) is 0.448. The Labute approximate surface area is 93.4 Å². The molecule has 0 fully saturated rings. The summed E-state index contributed by atoms with van der Waals surface area (Å²) in [6.45, 7) is 1.97. The van der Waals surface area contributed by atoms with Crippen LogP contribution in [0.1, 0.15) is 7.12 Å². The number of rotatable bonds is 0. The fraction of sp³-hybridized carbons (Fsp3) is 0.167. The number of hydrogen-bond acceptors (Lipinski definition) is 1. The monoisotopic (exact) mass is 133 g/mol. The van der Waals surface area contributed by atoms with Crippen molar-refractivity contribution in [1.82, 2.24) is 4.98 Å². The zero-order valence-electron chi connectivity index (χ0n) is 6.26. The minimum absolute atomic E-state index is 0. The van der Waals surface area contributed by atoms with E-state index in [9.17, 15) is 0 Å². The molecule has 0 spiro atoms. The number of pyridine rings is 1. The second kappa shape index (κ2) is 4.65.